The summed E-state index contributed by atoms with van der Waals surface area (Å²) in [5.74, 6) is 0.0189. The molecule has 0 aliphatic carbocycles. The van der Waals surface area contributed by atoms with Gasteiger partial charge in [-0.2, -0.15) is 5.10 Å². The average molecular weight is 503 g/mol. The first kappa shape index (κ1) is 24.2. The quantitative estimate of drug-likeness (QED) is 0.316. The number of aromatic nitrogens is 2. The van der Waals surface area contributed by atoms with Crippen LogP contribution < -0.4 is 4.90 Å². The van der Waals surface area contributed by atoms with Crippen LogP contribution in [0.5, 0.6) is 5.75 Å². The lowest BCUT2D eigenvalue weighted by molar-refractivity contribution is 0.283. The second-order valence-corrected chi connectivity index (χ2v) is 9.54. The zero-order valence-electron chi connectivity index (χ0n) is 20.2. The predicted octanol–water partition coefficient (Wildman–Crippen LogP) is 6.25. The third-order valence-electron chi connectivity index (χ3n) is 6.91. The molecule has 184 valence electrons. The molecular weight excluding hydrogens is 475 g/mol. The Morgan fingerprint density at radius 2 is 1.78 bits per heavy atom. The number of aromatic hydroxyl groups is 1. The van der Waals surface area contributed by atoms with Gasteiger partial charge in [-0.15, -0.1) is 11.7 Å². The molecule has 0 radical (unpaired) electrons. The van der Waals surface area contributed by atoms with Gasteiger partial charge in [0.05, 0.1) is 11.3 Å². The van der Waals surface area contributed by atoms with Gasteiger partial charge in [0.2, 0.25) is 0 Å². The standard InChI is InChI=1S/C29H28ClFN4O/c1-3-12-34-13-15-35(16-14-34)29-22-18-24(30)23(27-25(31)10-7-11-26(27)36)17-21(22)28(32-33-29)19(2)20-8-5-4-6-9-20/h3-11,17-19,36H,1,12-16H2,2H3/t19-/m1/s1. The van der Waals surface area contributed by atoms with Crippen LogP contribution in [0.3, 0.4) is 0 Å². The number of halogens is 2. The zero-order valence-corrected chi connectivity index (χ0v) is 20.9. The molecule has 0 spiro atoms. The SMILES string of the molecule is C=CCN1CCN(c2nnc([C@H](C)c3ccccc3)c3cc(-c4c(O)cccc4F)c(Cl)cc23)CC1. The normalized spacial score (nSPS) is 15.2. The molecular formula is C29H28ClFN4O. The van der Waals surface area contributed by atoms with Gasteiger partial charge in [-0.25, -0.2) is 4.39 Å². The molecule has 0 bridgehead atoms. The highest BCUT2D eigenvalue weighted by Crippen LogP contribution is 2.42. The number of benzene rings is 3. The summed E-state index contributed by atoms with van der Waals surface area (Å²) in [7, 11) is 0. The van der Waals surface area contributed by atoms with Crippen LogP contribution in [0, 0.1) is 5.82 Å². The van der Waals surface area contributed by atoms with Crippen molar-refractivity contribution >= 4 is 28.2 Å². The highest BCUT2D eigenvalue weighted by atomic mass is 35.5. The molecule has 4 aromatic rings. The number of hydrogen-bond acceptors (Lipinski definition) is 5. The lowest BCUT2D eigenvalue weighted by Gasteiger charge is -2.35. The maximum Gasteiger partial charge on any atom is 0.159 e. The fraction of sp³-hybridized carbons (Fsp3) is 0.241. The van der Waals surface area contributed by atoms with Gasteiger partial charge in [-0.3, -0.25) is 4.90 Å². The summed E-state index contributed by atoms with van der Waals surface area (Å²) in [6.45, 7) is 10.2. The first-order valence-electron chi connectivity index (χ1n) is 12.1. The third kappa shape index (κ3) is 4.54. The molecule has 1 aliphatic heterocycles. The second kappa shape index (κ2) is 10.2. The van der Waals surface area contributed by atoms with Gasteiger partial charge in [0.1, 0.15) is 11.6 Å². The molecule has 1 aliphatic rings. The molecule has 1 N–H and O–H groups in total. The van der Waals surface area contributed by atoms with E-state index in [4.69, 9.17) is 16.7 Å². The average Bonchev–Trinajstić information content (AvgIpc) is 2.89. The van der Waals surface area contributed by atoms with Crippen molar-refractivity contribution < 1.29 is 9.50 Å². The number of rotatable bonds is 6. The number of phenols is 1. The van der Waals surface area contributed by atoms with E-state index in [0.717, 1.165) is 60.6 Å². The van der Waals surface area contributed by atoms with Crippen LogP contribution in [0.2, 0.25) is 5.02 Å². The number of nitrogens with zero attached hydrogens (tertiary/aromatic N) is 4. The van der Waals surface area contributed by atoms with Gasteiger partial charge in [0.15, 0.2) is 5.82 Å². The van der Waals surface area contributed by atoms with Crippen LogP contribution in [0.15, 0.2) is 73.3 Å². The van der Waals surface area contributed by atoms with E-state index >= 15 is 0 Å². The molecule has 1 aromatic heterocycles. The van der Waals surface area contributed by atoms with Gasteiger partial charge in [0.25, 0.3) is 0 Å². The first-order valence-corrected chi connectivity index (χ1v) is 12.5. The van der Waals surface area contributed by atoms with E-state index in [0.29, 0.717) is 10.6 Å². The smallest absolute Gasteiger partial charge is 0.159 e. The first-order chi connectivity index (χ1) is 17.5. The Labute approximate surface area is 215 Å². The topological polar surface area (TPSA) is 52.5 Å². The van der Waals surface area contributed by atoms with Crippen molar-refractivity contribution in [2.45, 2.75) is 12.8 Å². The molecule has 3 aromatic carbocycles. The molecule has 5 rings (SSSR count). The summed E-state index contributed by atoms with van der Waals surface area (Å²) in [5, 5.41) is 21.9. The van der Waals surface area contributed by atoms with E-state index in [1.54, 1.807) is 0 Å². The second-order valence-electron chi connectivity index (χ2n) is 9.13. The molecule has 36 heavy (non-hydrogen) atoms. The third-order valence-corrected chi connectivity index (χ3v) is 7.22. The van der Waals surface area contributed by atoms with Gasteiger partial charge < -0.3 is 10.0 Å². The summed E-state index contributed by atoms with van der Waals surface area (Å²) in [4.78, 5) is 4.57. The summed E-state index contributed by atoms with van der Waals surface area (Å²) < 4.78 is 14.8. The minimum Gasteiger partial charge on any atom is -0.507 e. The van der Waals surface area contributed by atoms with E-state index < -0.39 is 5.82 Å². The zero-order chi connectivity index (χ0) is 25.2. The van der Waals surface area contributed by atoms with E-state index in [1.807, 2.05) is 36.4 Å². The van der Waals surface area contributed by atoms with Crippen molar-refractivity contribution in [1.82, 2.24) is 15.1 Å². The van der Waals surface area contributed by atoms with Gasteiger partial charge in [-0.05, 0) is 29.8 Å². The Balaban J connectivity index is 1.68. The fourth-order valence-corrected chi connectivity index (χ4v) is 5.19. The Morgan fingerprint density at radius 3 is 2.47 bits per heavy atom. The van der Waals surface area contributed by atoms with Crippen molar-refractivity contribution in [1.29, 1.82) is 0 Å². The Morgan fingerprint density at radius 1 is 1.03 bits per heavy atom. The Hall–Kier alpha value is -3.48. The molecule has 0 unspecified atom stereocenters. The molecule has 7 heteroatoms. The number of phenolic OH excluding ortho intramolecular Hbond substituents is 1. The van der Waals surface area contributed by atoms with E-state index in [-0.39, 0.29) is 17.2 Å². The largest absolute Gasteiger partial charge is 0.507 e. The van der Waals surface area contributed by atoms with Crippen molar-refractivity contribution in [2.75, 3.05) is 37.6 Å². The van der Waals surface area contributed by atoms with Crippen LogP contribution in [0.25, 0.3) is 21.9 Å². The maximum absolute atomic E-state index is 14.8. The van der Waals surface area contributed by atoms with Crippen LogP contribution in [0.1, 0.15) is 24.1 Å². The van der Waals surface area contributed by atoms with Crippen LogP contribution >= 0.6 is 11.6 Å². The number of anilines is 1. The fourth-order valence-electron chi connectivity index (χ4n) is 4.93. The minimum atomic E-state index is -0.533. The maximum atomic E-state index is 14.8. The van der Waals surface area contributed by atoms with Crippen molar-refractivity contribution in [3.05, 3.63) is 95.4 Å². The Kier molecular flexibility index (Phi) is 6.90. The molecule has 1 atom stereocenters. The minimum absolute atomic E-state index is 0.0528. The number of hydrogen-bond donors (Lipinski definition) is 1. The molecule has 1 saturated heterocycles. The number of fused-ring (bicyclic) bond motifs is 1. The van der Waals surface area contributed by atoms with Crippen LogP contribution in [-0.4, -0.2) is 52.9 Å². The number of piperazine rings is 1. The summed E-state index contributed by atoms with van der Waals surface area (Å²) in [5.41, 5.74) is 2.39. The van der Waals surface area contributed by atoms with E-state index in [2.05, 4.69) is 40.5 Å². The highest BCUT2D eigenvalue weighted by Gasteiger charge is 2.25. The highest BCUT2D eigenvalue weighted by molar-refractivity contribution is 6.34. The van der Waals surface area contributed by atoms with Gasteiger partial charge in [-0.1, -0.05) is 61.0 Å². The van der Waals surface area contributed by atoms with Crippen LogP contribution in [-0.2, 0) is 0 Å². The van der Waals surface area contributed by atoms with Gasteiger partial charge in [0, 0.05) is 60.0 Å². The van der Waals surface area contributed by atoms with Crippen LogP contribution in [0.4, 0.5) is 10.2 Å². The molecule has 5 nitrogen and oxygen atoms in total. The summed E-state index contributed by atoms with van der Waals surface area (Å²) >= 11 is 6.74. The van der Waals surface area contributed by atoms with E-state index in [9.17, 15) is 9.50 Å². The van der Waals surface area contributed by atoms with Gasteiger partial charge >= 0.3 is 0 Å². The predicted molar refractivity (Wildman–Crippen MR) is 144 cm³/mol. The lowest BCUT2D eigenvalue weighted by atomic mass is 9.92. The Bertz CT molecular complexity index is 1380. The molecule has 0 saturated carbocycles. The van der Waals surface area contributed by atoms with Crippen molar-refractivity contribution in [3.8, 4) is 16.9 Å². The monoisotopic (exact) mass is 502 g/mol. The lowest BCUT2D eigenvalue weighted by Crippen LogP contribution is -2.46. The molecule has 1 fully saturated rings. The summed E-state index contributed by atoms with van der Waals surface area (Å²) in [6.07, 6.45) is 1.92. The van der Waals surface area contributed by atoms with Crippen molar-refractivity contribution in [2.24, 2.45) is 0 Å². The molecule has 0 amide bonds. The van der Waals surface area contributed by atoms with Crippen molar-refractivity contribution in [3.63, 3.8) is 0 Å². The van der Waals surface area contributed by atoms with E-state index in [1.165, 1.54) is 18.2 Å². The molecule has 2 heterocycles. The summed E-state index contributed by atoms with van der Waals surface area (Å²) in [6, 6.07) is 18.0.